The van der Waals surface area contributed by atoms with Crippen molar-refractivity contribution in [3.8, 4) is 0 Å². The highest BCUT2D eigenvalue weighted by molar-refractivity contribution is 5.94. The predicted molar refractivity (Wildman–Crippen MR) is 78.6 cm³/mol. The van der Waals surface area contributed by atoms with Crippen molar-refractivity contribution in [2.24, 2.45) is 0 Å². The predicted octanol–water partition coefficient (Wildman–Crippen LogP) is 2.54. The molecular formula is C15H17FN4O. The number of imidazole rings is 1. The zero-order valence-electron chi connectivity index (χ0n) is 11.8. The SMILES string of the molecule is CCn1cncc1CNc1cc2c(cc1F)CCC(=O)N2. The third-order valence-corrected chi connectivity index (χ3v) is 3.69. The molecule has 0 unspecified atom stereocenters. The molecule has 2 N–H and O–H groups in total. The van der Waals surface area contributed by atoms with E-state index in [0.717, 1.165) is 17.8 Å². The van der Waals surface area contributed by atoms with E-state index in [2.05, 4.69) is 15.6 Å². The summed E-state index contributed by atoms with van der Waals surface area (Å²) in [6, 6.07) is 3.16. The van der Waals surface area contributed by atoms with E-state index in [1.807, 2.05) is 11.5 Å². The molecule has 110 valence electrons. The quantitative estimate of drug-likeness (QED) is 0.909. The lowest BCUT2D eigenvalue weighted by Gasteiger charge is -2.19. The fraction of sp³-hybridized carbons (Fsp3) is 0.333. The second-order valence-electron chi connectivity index (χ2n) is 5.06. The van der Waals surface area contributed by atoms with Crippen molar-refractivity contribution in [3.63, 3.8) is 0 Å². The van der Waals surface area contributed by atoms with E-state index in [1.165, 1.54) is 6.07 Å². The molecule has 0 radical (unpaired) electrons. The van der Waals surface area contributed by atoms with Gasteiger partial charge < -0.3 is 15.2 Å². The number of nitrogens with zero attached hydrogens (tertiary/aromatic N) is 2. The Balaban J connectivity index is 1.79. The topological polar surface area (TPSA) is 59.0 Å². The molecule has 3 rings (SSSR count). The molecule has 1 amide bonds. The fourth-order valence-electron chi connectivity index (χ4n) is 2.50. The fourth-order valence-corrected chi connectivity index (χ4v) is 2.50. The van der Waals surface area contributed by atoms with Crippen molar-refractivity contribution in [1.29, 1.82) is 0 Å². The Morgan fingerprint density at radius 1 is 1.43 bits per heavy atom. The van der Waals surface area contributed by atoms with Gasteiger partial charge in [-0.05, 0) is 31.0 Å². The molecule has 1 aliphatic heterocycles. The van der Waals surface area contributed by atoms with Crippen LogP contribution in [0.25, 0.3) is 0 Å². The van der Waals surface area contributed by atoms with Crippen molar-refractivity contribution in [1.82, 2.24) is 9.55 Å². The van der Waals surface area contributed by atoms with E-state index in [-0.39, 0.29) is 11.7 Å². The van der Waals surface area contributed by atoms with Crippen molar-refractivity contribution in [2.75, 3.05) is 10.6 Å². The lowest BCUT2D eigenvalue weighted by molar-refractivity contribution is -0.116. The Labute approximate surface area is 122 Å². The zero-order valence-corrected chi connectivity index (χ0v) is 11.8. The van der Waals surface area contributed by atoms with Gasteiger partial charge in [-0.1, -0.05) is 0 Å². The number of aromatic nitrogens is 2. The number of halogens is 1. The molecule has 0 saturated carbocycles. The molecule has 0 saturated heterocycles. The van der Waals surface area contributed by atoms with Crippen LogP contribution in [0.5, 0.6) is 0 Å². The number of hydrogen-bond acceptors (Lipinski definition) is 3. The molecule has 0 atom stereocenters. The Kier molecular flexibility index (Phi) is 3.60. The van der Waals surface area contributed by atoms with Gasteiger partial charge in [-0.25, -0.2) is 9.37 Å². The average Bonchev–Trinajstić information content (AvgIpc) is 2.93. The second kappa shape index (κ2) is 5.55. The Bertz CT molecular complexity index is 680. The summed E-state index contributed by atoms with van der Waals surface area (Å²) in [6.07, 6.45) is 4.50. The number of hydrogen-bond donors (Lipinski definition) is 2. The molecule has 6 heteroatoms. The van der Waals surface area contributed by atoms with E-state index < -0.39 is 0 Å². The standard InChI is InChI=1S/C15H17FN4O/c1-2-20-9-17-7-11(20)8-18-14-6-13-10(5-12(14)16)3-4-15(21)19-13/h5-7,9,18H,2-4,8H2,1H3,(H,19,21). The minimum atomic E-state index is -0.299. The first-order valence-corrected chi connectivity index (χ1v) is 7.02. The molecular weight excluding hydrogens is 271 g/mol. The van der Waals surface area contributed by atoms with Crippen LogP contribution < -0.4 is 10.6 Å². The molecule has 21 heavy (non-hydrogen) atoms. The van der Waals surface area contributed by atoms with Crippen LogP contribution in [0.4, 0.5) is 15.8 Å². The third kappa shape index (κ3) is 2.74. The maximum atomic E-state index is 14.1. The lowest BCUT2D eigenvalue weighted by Crippen LogP contribution is -2.19. The van der Waals surface area contributed by atoms with Gasteiger partial charge in [-0.3, -0.25) is 4.79 Å². The summed E-state index contributed by atoms with van der Waals surface area (Å²) in [5, 5.41) is 5.85. The minimum absolute atomic E-state index is 0.0240. The number of aryl methyl sites for hydroxylation is 2. The summed E-state index contributed by atoms with van der Waals surface area (Å²) >= 11 is 0. The Morgan fingerprint density at radius 3 is 3.10 bits per heavy atom. The van der Waals surface area contributed by atoms with Crippen LogP contribution in [-0.4, -0.2) is 15.5 Å². The van der Waals surface area contributed by atoms with Gasteiger partial charge in [-0.15, -0.1) is 0 Å². The van der Waals surface area contributed by atoms with E-state index in [0.29, 0.717) is 30.8 Å². The first kappa shape index (κ1) is 13.6. The van der Waals surface area contributed by atoms with Gasteiger partial charge in [0.1, 0.15) is 5.82 Å². The van der Waals surface area contributed by atoms with Gasteiger partial charge in [0.25, 0.3) is 0 Å². The molecule has 1 aromatic carbocycles. The van der Waals surface area contributed by atoms with Gasteiger partial charge in [0.05, 0.1) is 24.3 Å². The Morgan fingerprint density at radius 2 is 2.29 bits per heavy atom. The summed E-state index contributed by atoms with van der Waals surface area (Å²) in [5.41, 5.74) is 2.91. The molecule has 0 fully saturated rings. The van der Waals surface area contributed by atoms with Gasteiger partial charge in [0, 0.05) is 24.8 Å². The van der Waals surface area contributed by atoms with Crippen LogP contribution >= 0.6 is 0 Å². The highest BCUT2D eigenvalue weighted by atomic mass is 19.1. The molecule has 2 heterocycles. The Hall–Kier alpha value is -2.37. The van der Waals surface area contributed by atoms with E-state index >= 15 is 0 Å². The summed E-state index contributed by atoms with van der Waals surface area (Å²) < 4.78 is 16.1. The van der Waals surface area contributed by atoms with Crippen molar-refractivity contribution in [3.05, 3.63) is 41.7 Å². The number of fused-ring (bicyclic) bond motifs is 1. The third-order valence-electron chi connectivity index (χ3n) is 3.69. The number of carbonyl (C=O) groups is 1. The van der Waals surface area contributed by atoms with Gasteiger partial charge in [0.2, 0.25) is 5.91 Å². The van der Waals surface area contributed by atoms with Crippen LogP contribution in [0.1, 0.15) is 24.6 Å². The maximum absolute atomic E-state index is 14.1. The molecule has 1 aromatic heterocycles. The van der Waals surface area contributed by atoms with Crippen LogP contribution in [0, 0.1) is 5.82 Å². The van der Waals surface area contributed by atoms with Crippen LogP contribution in [0.3, 0.4) is 0 Å². The smallest absolute Gasteiger partial charge is 0.224 e. The largest absolute Gasteiger partial charge is 0.377 e. The molecule has 0 aliphatic carbocycles. The summed E-state index contributed by atoms with van der Waals surface area (Å²) in [6.45, 7) is 3.33. The van der Waals surface area contributed by atoms with Crippen molar-refractivity contribution >= 4 is 17.3 Å². The van der Waals surface area contributed by atoms with Crippen molar-refractivity contribution in [2.45, 2.75) is 32.9 Å². The molecule has 2 aromatic rings. The van der Waals surface area contributed by atoms with Gasteiger partial charge >= 0.3 is 0 Å². The minimum Gasteiger partial charge on any atom is -0.377 e. The van der Waals surface area contributed by atoms with Crippen LogP contribution in [0.2, 0.25) is 0 Å². The summed E-state index contributed by atoms with van der Waals surface area (Å²) in [5.74, 6) is -0.323. The molecule has 1 aliphatic rings. The first-order chi connectivity index (χ1) is 10.2. The number of rotatable bonds is 4. The molecule has 5 nitrogen and oxygen atoms in total. The van der Waals surface area contributed by atoms with Crippen molar-refractivity contribution < 1.29 is 9.18 Å². The van der Waals surface area contributed by atoms with Crippen LogP contribution in [0.15, 0.2) is 24.7 Å². The summed E-state index contributed by atoms with van der Waals surface area (Å²) in [7, 11) is 0. The zero-order chi connectivity index (χ0) is 14.8. The first-order valence-electron chi connectivity index (χ1n) is 7.02. The second-order valence-corrected chi connectivity index (χ2v) is 5.06. The number of anilines is 2. The number of nitrogens with one attached hydrogen (secondary N) is 2. The maximum Gasteiger partial charge on any atom is 0.224 e. The highest BCUT2D eigenvalue weighted by Crippen LogP contribution is 2.28. The monoisotopic (exact) mass is 288 g/mol. The van der Waals surface area contributed by atoms with E-state index in [4.69, 9.17) is 0 Å². The van der Waals surface area contributed by atoms with Gasteiger partial charge in [-0.2, -0.15) is 0 Å². The lowest BCUT2D eigenvalue weighted by atomic mass is 10.0. The average molecular weight is 288 g/mol. The number of amides is 1. The number of carbonyl (C=O) groups excluding carboxylic acids is 1. The van der Waals surface area contributed by atoms with Gasteiger partial charge in [0.15, 0.2) is 0 Å². The molecule has 0 spiro atoms. The molecule has 0 bridgehead atoms. The highest BCUT2D eigenvalue weighted by Gasteiger charge is 2.17. The normalized spacial score (nSPS) is 13.7. The van der Waals surface area contributed by atoms with Crippen LogP contribution in [-0.2, 0) is 24.3 Å². The summed E-state index contributed by atoms with van der Waals surface area (Å²) in [4.78, 5) is 15.5. The van der Waals surface area contributed by atoms with E-state index in [1.54, 1.807) is 18.6 Å². The number of benzene rings is 1. The van der Waals surface area contributed by atoms with E-state index in [9.17, 15) is 9.18 Å².